The number of hydrogen-bond donors (Lipinski definition) is 6. The van der Waals surface area contributed by atoms with Crippen LogP contribution in [0, 0.1) is 0 Å². The number of nitrogens with one attached hydrogen (secondary N) is 6. The first kappa shape index (κ1) is 49.8. The maximum atomic E-state index is 2.75. The lowest BCUT2D eigenvalue weighted by molar-refractivity contribution is 1.02. The summed E-state index contributed by atoms with van der Waals surface area (Å²) in [5.41, 5.74) is 0. The van der Waals surface area contributed by atoms with Gasteiger partial charge in [0.05, 0.1) is 0 Å². The normalized spacial score (nSPS) is 5.40. The van der Waals surface area contributed by atoms with E-state index in [9.17, 15) is 0 Å². The predicted molar refractivity (Wildman–Crippen MR) is 101 cm³/mol. The minimum atomic E-state index is 0. The molecule has 0 fully saturated rings. The molecule has 126 valence electrons. The van der Waals surface area contributed by atoms with Crippen molar-refractivity contribution < 1.29 is 0 Å². The van der Waals surface area contributed by atoms with Crippen LogP contribution >= 0.6 is 0 Å². The zero-order valence-electron chi connectivity index (χ0n) is 16.2. The topological polar surface area (TPSA) is 72.2 Å². The first-order chi connectivity index (χ1) is 8.49. The smallest absolute Gasteiger partial charge is 0 e. The lowest BCUT2D eigenvalue weighted by atomic mass is 11.3. The Morgan fingerprint density at radius 3 is 0.250 bits per heavy atom. The molecule has 0 saturated heterocycles. The first-order valence-electron chi connectivity index (χ1n) is 6.00. The highest BCUT2D eigenvalue weighted by Crippen LogP contribution is 0.996. The average molecular weight is 324 g/mol. The van der Waals surface area contributed by atoms with Gasteiger partial charge in [-0.2, -0.15) is 0 Å². The standard InChI is InChI=1S/6C2H7N.2Al/c6*1-3-2;;/h6*3H,1-2H3;;. The maximum absolute atomic E-state index is 2.75. The fourth-order valence-corrected chi connectivity index (χ4v) is 0. The molecule has 0 aliphatic heterocycles. The van der Waals surface area contributed by atoms with Crippen molar-refractivity contribution in [2.24, 2.45) is 0 Å². The molecule has 0 bridgehead atoms. The third-order valence-corrected chi connectivity index (χ3v) is 0. The van der Waals surface area contributed by atoms with E-state index in [4.69, 9.17) is 0 Å². The van der Waals surface area contributed by atoms with Crippen LogP contribution in [0.15, 0.2) is 0 Å². The molecule has 0 aromatic carbocycles. The molecule has 0 aliphatic rings. The van der Waals surface area contributed by atoms with Gasteiger partial charge in [-0.1, -0.05) is 0 Å². The van der Waals surface area contributed by atoms with Crippen LogP contribution in [0.5, 0.6) is 0 Å². The molecular weight excluding hydrogens is 282 g/mol. The molecule has 6 N–H and O–H groups in total. The second-order valence-corrected chi connectivity index (χ2v) is 3.00. The highest BCUT2D eigenvalue weighted by atomic mass is 27.0. The summed E-state index contributed by atoms with van der Waals surface area (Å²) in [6, 6.07) is 0. The SMILES string of the molecule is CNC.CNC.CNC.CNC.CNC.CNC.[Al].[Al]. The van der Waals surface area contributed by atoms with Gasteiger partial charge in [0, 0.05) is 34.7 Å². The molecule has 0 aliphatic carbocycles. The Morgan fingerprint density at radius 2 is 0.250 bits per heavy atom. The minimum absolute atomic E-state index is 0. The molecule has 20 heavy (non-hydrogen) atoms. The van der Waals surface area contributed by atoms with Crippen LogP contribution in [0.25, 0.3) is 0 Å². The lowest BCUT2D eigenvalue weighted by Gasteiger charge is -1.59. The van der Waals surface area contributed by atoms with Crippen LogP contribution in [0.2, 0.25) is 0 Å². The Labute approximate surface area is 151 Å². The summed E-state index contributed by atoms with van der Waals surface area (Å²) in [5, 5.41) is 16.5. The molecule has 6 nitrogen and oxygen atoms in total. The van der Waals surface area contributed by atoms with Crippen molar-refractivity contribution in [3.05, 3.63) is 0 Å². The van der Waals surface area contributed by atoms with Crippen molar-refractivity contribution in [1.82, 2.24) is 31.9 Å². The van der Waals surface area contributed by atoms with Gasteiger partial charge in [0.15, 0.2) is 0 Å². The maximum Gasteiger partial charge on any atom is 0 e. The van der Waals surface area contributed by atoms with Gasteiger partial charge in [0.25, 0.3) is 0 Å². The summed E-state index contributed by atoms with van der Waals surface area (Å²) >= 11 is 0. The average Bonchev–Trinajstić information content (AvgIpc) is 2.23. The third kappa shape index (κ3) is 8790. The monoisotopic (exact) mass is 324 g/mol. The molecule has 0 unspecified atom stereocenters. The Hall–Kier alpha value is 0.825. The van der Waals surface area contributed by atoms with E-state index in [1.54, 1.807) is 0 Å². The fraction of sp³-hybridized carbons (Fsp3) is 1.00. The molecule has 8 heteroatoms. The van der Waals surface area contributed by atoms with Gasteiger partial charge in [0.1, 0.15) is 0 Å². The number of rotatable bonds is 0. The van der Waals surface area contributed by atoms with E-state index >= 15 is 0 Å². The molecule has 0 atom stereocenters. The molecule has 0 aromatic heterocycles. The van der Waals surface area contributed by atoms with E-state index in [0.717, 1.165) is 0 Å². The van der Waals surface area contributed by atoms with Gasteiger partial charge in [-0.3, -0.25) is 0 Å². The first-order valence-corrected chi connectivity index (χ1v) is 6.00. The summed E-state index contributed by atoms with van der Waals surface area (Å²) < 4.78 is 0. The van der Waals surface area contributed by atoms with Crippen LogP contribution < -0.4 is 31.9 Å². The van der Waals surface area contributed by atoms with Gasteiger partial charge >= 0.3 is 0 Å². The summed E-state index contributed by atoms with van der Waals surface area (Å²) in [5.74, 6) is 0. The van der Waals surface area contributed by atoms with Crippen molar-refractivity contribution in [3.63, 3.8) is 0 Å². The van der Waals surface area contributed by atoms with E-state index in [-0.39, 0.29) is 34.7 Å². The molecule has 6 radical (unpaired) electrons. The van der Waals surface area contributed by atoms with E-state index in [0.29, 0.717) is 0 Å². The van der Waals surface area contributed by atoms with Crippen molar-refractivity contribution >= 4 is 34.7 Å². The summed E-state index contributed by atoms with van der Waals surface area (Å²) in [7, 11) is 22.5. The highest BCUT2D eigenvalue weighted by Gasteiger charge is 1.27. The molecule has 0 spiro atoms. The van der Waals surface area contributed by atoms with Gasteiger partial charge in [0.2, 0.25) is 0 Å². The van der Waals surface area contributed by atoms with Crippen LogP contribution in [0.1, 0.15) is 0 Å². The van der Waals surface area contributed by atoms with Crippen molar-refractivity contribution in [2.45, 2.75) is 0 Å². The highest BCUT2D eigenvalue weighted by molar-refractivity contribution is 5.76. The van der Waals surface area contributed by atoms with Gasteiger partial charge in [-0.05, 0) is 84.6 Å². The van der Waals surface area contributed by atoms with Gasteiger partial charge < -0.3 is 31.9 Å². The number of hydrogen-bond acceptors (Lipinski definition) is 6. The Balaban J connectivity index is -0.0000000141. The Morgan fingerprint density at radius 1 is 0.250 bits per heavy atom. The van der Waals surface area contributed by atoms with Crippen molar-refractivity contribution in [3.8, 4) is 0 Å². The summed E-state index contributed by atoms with van der Waals surface area (Å²) in [6.07, 6.45) is 0. The zero-order valence-corrected chi connectivity index (χ0v) is 18.5. The third-order valence-electron chi connectivity index (χ3n) is 0. The van der Waals surface area contributed by atoms with Crippen LogP contribution in [0.3, 0.4) is 0 Å². The second-order valence-electron chi connectivity index (χ2n) is 3.00. The molecule has 0 heterocycles. The summed E-state index contributed by atoms with van der Waals surface area (Å²) in [6.45, 7) is 0. The Kier molecular flexibility index (Phi) is 375. The molecule has 0 rings (SSSR count). The molecule has 0 aromatic rings. The van der Waals surface area contributed by atoms with Crippen LogP contribution in [0.4, 0.5) is 0 Å². The molecule has 0 saturated carbocycles. The van der Waals surface area contributed by atoms with Crippen molar-refractivity contribution in [1.29, 1.82) is 0 Å². The quantitative estimate of drug-likeness (QED) is 0.297. The van der Waals surface area contributed by atoms with Gasteiger partial charge in [-0.15, -0.1) is 0 Å². The minimum Gasteiger partial charge on any atom is -0.323 e. The largest absolute Gasteiger partial charge is 0.323 e. The van der Waals surface area contributed by atoms with Gasteiger partial charge in [-0.25, -0.2) is 0 Å². The second kappa shape index (κ2) is 151. The molecule has 0 amide bonds. The lowest BCUT2D eigenvalue weighted by Crippen LogP contribution is -1.89. The van der Waals surface area contributed by atoms with E-state index in [2.05, 4.69) is 31.9 Å². The van der Waals surface area contributed by atoms with E-state index < -0.39 is 0 Å². The van der Waals surface area contributed by atoms with Crippen LogP contribution in [-0.2, 0) is 0 Å². The van der Waals surface area contributed by atoms with Crippen LogP contribution in [-0.4, -0.2) is 119 Å². The Bertz CT molecular complexity index is 41.4. The fourth-order valence-electron chi connectivity index (χ4n) is 0. The van der Waals surface area contributed by atoms with E-state index in [1.165, 1.54) is 0 Å². The van der Waals surface area contributed by atoms with E-state index in [1.807, 2.05) is 84.6 Å². The summed E-state index contributed by atoms with van der Waals surface area (Å²) in [4.78, 5) is 0. The molecular formula is C12H42Al2N6. The zero-order chi connectivity index (χ0) is 16.2. The predicted octanol–water partition coefficient (Wildman–Crippen LogP) is -1.75. The van der Waals surface area contributed by atoms with Crippen molar-refractivity contribution in [2.75, 3.05) is 84.6 Å².